The lowest BCUT2D eigenvalue weighted by Crippen LogP contribution is -2.38. The minimum atomic E-state index is 0.440. The first kappa shape index (κ1) is 11.8. The smallest absolute Gasteiger partial charge is 0.227 e. The fourth-order valence-electron chi connectivity index (χ4n) is 2.25. The molecule has 18 heavy (non-hydrogen) atoms. The van der Waals surface area contributed by atoms with Crippen LogP contribution >= 0.6 is 11.5 Å². The molecular formula is C12H16N4OS. The fourth-order valence-corrected chi connectivity index (χ4v) is 2.98. The molecule has 6 heteroatoms. The Bertz CT molecular complexity index is 536. The Balaban J connectivity index is 1.75. The van der Waals surface area contributed by atoms with Gasteiger partial charge < -0.3 is 10.1 Å². The van der Waals surface area contributed by atoms with Gasteiger partial charge in [0.05, 0.1) is 11.1 Å². The van der Waals surface area contributed by atoms with Crippen molar-refractivity contribution < 1.29 is 4.74 Å². The van der Waals surface area contributed by atoms with Gasteiger partial charge in [0.1, 0.15) is 12.9 Å². The molecule has 0 aromatic carbocycles. The minimum Gasteiger partial charge on any atom is -0.475 e. The second-order valence-electron chi connectivity index (χ2n) is 4.58. The molecule has 0 aliphatic carbocycles. The molecule has 0 spiro atoms. The minimum absolute atomic E-state index is 0.440. The van der Waals surface area contributed by atoms with Gasteiger partial charge in [-0.25, -0.2) is 9.97 Å². The summed E-state index contributed by atoms with van der Waals surface area (Å²) in [5, 5.41) is 4.42. The number of rotatable bonds is 3. The Morgan fingerprint density at radius 3 is 3.22 bits per heavy atom. The summed E-state index contributed by atoms with van der Waals surface area (Å²) in [5.74, 6) is 0.665. The Labute approximate surface area is 110 Å². The summed E-state index contributed by atoms with van der Waals surface area (Å²) < 4.78 is 10.1. The Morgan fingerprint density at radius 2 is 2.39 bits per heavy atom. The molecule has 0 amide bonds. The molecule has 1 saturated heterocycles. The van der Waals surface area contributed by atoms with Gasteiger partial charge in [0.2, 0.25) is 5.88 Å². The quantitative estimate of drug-likeness (QED) is 0.917. The number of aromatic nitrogens is 3. The maximum Gasteiger partial charge on any atom is 0.227 e. The van der Waals surface area contributed by atoms with Gasteiger partial charge in [-0.05, 0) is 37.8 Å². The van der Waals surface area contributed by atoms with Crippen molar-refractivity contribution in [3.05, 3.63) is 12.0 Å². The lowest BCUT2D eigenvalue weighted by atomic mass is 10.1. The molecule has 2 aromatic rings. The van der Waals surface area contributed by atoms with Crippen molar-refractivity contribution in [1.29, 1.82) is 0 Å². The molecule has 0 saturated carbocycles. The number of hydrogen-bond donors (Lipinski definition) is 1. The highest BCUT2D eigenvalue weighted by Gasteiger charge is 2.16. The van der Waals surface area contributed by atoms with E-state index >= 15 is 0 Å². The van der Waals surface area contributed by atoms with E-state index in [4.69, 9.17) is 4.74 Å². The van der Waals surface area contributed by atoms with Crippen LogP contribution in [0.1, 0.15) is 25.0 Å². The molecule has 96 valence electrons. The van der Waals surface area contributed by atoms with Gasteiger partial charge >= 0.3 is 0 Å². The summed E-state index contributed by atoms with van der Waals surface area (Å²) in [4.78, 5) is 9.33. The van der Waals surface area contributed by atoms with Gasteiger partial charge in [0.15, 0.2) is 4.83 Å². The number of nitrogens with one attached hydrogen (secondary N) is 1. The average molecular weight is 264 g/mol. The predicted molar refractivity (Wildman–Crippen MR) is 71.1 cm³/mol. The maximum atomic E-state index is 5.85. The van der Waals surface area contributed by atoms with Crippen LogP contribution in [0, 0.1) is 6.92 Å². The first-order valence-corrected chi connectivity index (χ1v) is 7.05. The van der Waals surface area contributed by atoms with E-state index in [1.807, 2.05) is 6.92 Å². The van der Waals surface area contributed by atoms with Crippen LogP contribution in [0.25, 0.3) is 10.2 Å². The summed E-state index contributed by atoms with van der Waals surface area (Å²) >= 11 is 1.39. The SMILES string of the molecule is Cc1nsc2ncnc(OCC3CCCCN3)c12. The molecule has 2 aromatic heterocycles. The van der Waals surface area contributed by atoms with Gasteiger partial charge in [-0.2, -0.15) is 4.37 Å². The second-order valence-corrected chi connectivity index (χ2v) is 5.34. The molecule has 1 atom stereocenters. The fraction of sp³-hybridized carbons (Fsp3) is 0.583. The van der Waals surface area contributed by atoms with Crippen LogP contribution in [-0.2, 0) is 0 Å². The van der Waals surface area contributed by atoms with Crippen molar-refractivity contribution in [2.45, 2.75) is 32.2 Å². The zero-order valence-corrected chi connectivity index (χ0v) is 11.2. The molecule has 3 rings (SSSR count). The standard InChI is InChI=1S/C12H16N4OS/c1-8-10-11(14-7-15-12(10)18-16-8)17-6-9-4-2-3-5-13-9/h7,9,13H,2-6H2,1H3. The lowest BCUT2D eigenvalue weighted by Gasteiger charge is -2.23. The first-order chi connectivity index (χ1) is 8.84. The third-order valence-corrected chi connectivity index (χ3v) is 4.09. The monoisotopic (exact) mass is 264 g/mol. The highest BCUT2D eigenvalue weighted by molar-refractivity contribution is 7.13. The van der Waals surface area contributed by atoms with Crippen LogP contribution in [0.3, 0.4) is 0 Å². The maximum absolute atomic E-state index is 5.85. The predicted octanol–water partition coefficient (Wildman–Crippen LogP) is 1.92. The normalized spacial score (nSPS) is 20.2. The van der Waals surface area contributed by atoms with Gasteiger partial charge in [0, 0.05) is 6.04 Å². The molecule has 1 unspecified atom stereocenters. The van der Waals surface area contributed by atoms with E-state index in [1.54, 1.807) is 6.33 Å². The molecule has 1 aliphatic rings. The van der Waals surface area contributed by atoms with E-state index in [1.165, 1.54) is 30.8 Å². The van der Waals surface area contributed by atoms with Crippen LogP contribution in [0.2, 0.25) is 0 Å². The Kier molecular flexibility index (Phi) is 3.38. The topological polar surface area (TPSA) is 59.9 Å². The van der Waals surface area contributed by atoms with Crippen molar-refractivity contribution in [2.75, 3.05) is 13.2 Å². The number of piperidine rings is 1. The molecule has 0 radical (unpaired) electrons. The average Bonchev–Trinajstić information content (AvgIpc) is 2.80. The van der Waals surface area contributed by atoms with Gasteiger partial charge in [-0.1, -0.05) is 6.42 Å². The Hall–Kier alpha value is -1.27. The molecular weight excluding hydrogens is 248 g/mol. The molecule has 5 nitrogen and oxygen atoms in total. The molecule has 1 fully saturated rings. The summed E-state index contributed by atoms with van der Waals surface area (Å²) in [6.45, 7) is 3.72. The summed E-state index contributed by atoms with van der Waals surface area (Å²) in [5.41, 5.74) is 0.946. The van der Waals surface area contributed by atoms with Crippen molar-refractivity contribution in [2.24, 2.45) is 0 Å². The highest BCUT2D eigenvalue weighted by atomic mass is 32.1. The van der Waals surface area contributed by atoms with E-state index in [-0.39, 0.29) is 0 Å². The van der Waals surface area contributed by atoms with E-state index in [2.05, 4.69) is 19.7 Å². The van der Waals surface area contributed by atoms with Crippen LogP contribution in [0.5, 0.6) is 5.88 Å². The van der Waals surface area contributed by atoms with Gasteiger partial charge in [0.25, 0.3) is 0 Å². The Morgan fingerprint density at radius 1 is 1.44 bits per heavy atom. The highest BCUT2D eigenvalue weighted by Crippen LogP contribution is 2.27. The third kappa shape index (κ3) is 2.30. The lowest BCUT2D eigenvalue weighted by molar-refractivity contribution is 0.234. The summed E-state index contributed by atoms with van der Waals surface area (Å²) in [6.07, 6.45) is 5.26. The van der Waals surface area contributed by atoms with Crippen LogP contribution in [0.4, 0.5) is 0 Å². The van der Waals surface area contributed by atoms with Gasteiger partial charge in [-0.15, -0.1) is 0 Å². The van der Waals surface area contributed by atoms with Crippen molar-refractivity contribution in [3.63, 3.8) is 0 Å². The largest absolute Gasteiger partial charge is 0.475 e. The molecule has 1 N–H and O–H groups in total. The molecule has 1 aliphatic heterocycles. The number of fused-ring (bicyclic) bond motifs is 1. The van der Waals surface area contributed by atoms with E-state index < -0.39 is 0 Å². The van der Waals surface area contributed by atoms with Crippen LogP contribution < -0.4 is 10.1 Å². The summed E-state index contributed by atoms with van der Waals surface area (Å²) in [6, 6.07) is 0.440. The van der Waals surface area contributed by atoms with Crippen LogP contribution in [-0.4, -0.2) is 33.5 Å². The van der Waals surface area contributed by atoms with E-state index in [0.717, 1.165) is 22.5 Å². The second kappa shape index (κ2) is 5.16. The third-order valence-electron chi connectivity index (χ3n) is 3.24. The molecule has 0 bridgehead atoms. The van der Waals surface area contributed by atoms with Crippen LogP contribution in [0.15, 0.2) is 6.33 Å². The number of nitrogens with zero attached hydrogens (tertiary/aromatic N) is 3. The molecule has 3 heterocycles. The zero-order chi connectivity index (χ0) is 12.4. The number of ether oxygens (including phenoxy) is 1. The zero-order valence-electron chi connectivity index (χ0n) is 10.3. The van der Waals surface area contributed by atoms with Crippen molar-refractivity contribution in [1.82, 2.24) is 19.7 Å². The number of aryl methyl sites for hydroxylation is 1. The van der Waals surface area contributed by atoms with E-state index in [9.17, 15) is 0 Å². The van der Waals surface area contributed by atoms with Crippen molar-refractivity contribution in [3.8, 4) is 5.88 Å². The first-order valence-electron chi connectivity index (χ1n) is 6.28. The van der Waals surface area contributed by atoms with Gasteiger partial charge in [-0.3, -0.25) is 0 Å². The summed E-state index contributed by atoms with van der Waals surface area (Å²) in [7, 11) is 0. The van der Waals surface area contributed by atoms with Crippen molar-refractivity contribution >= 4 is 21.7 Å². The van der Waals surface area contributed by atoms with E-state index in [0.29, 0.717) is 18.5 Å². The number of hydrogen-bond acceptors (Lipinski definition) is 6.